The lowest BCUT2D eigenvalue weighted by atomic mass is 9.96. The number of ether oxygens (including phenoxy) is 1. The van der Waals surface area contributed by atoms with Crippen LogP contribution in [0.1, 0.15) is 35.4 Å². The Bertz CT molecular complexity index is 1070. The number of halogens is 3. The van der Waals surface area contributed by atoms with Crippen molar-refractivity contribution in [3.05, 3.63) is 97.4 Å². The molecule has 3 nitrogen and oxygen atoms in total. The molecule has 3 aromatic rings. The summed E-state index contributed by atoms with van der Waals surface area (Å²) in [6.07, 6.45) is 0.533. The number of hydrogen-bond acceptors (Lipinski definition) is 3. The lowest BCUT2D eigenvalue weighted by Gasteiger charge is -2.38. The van der Waals surface area contributed by atoms with E-state index in [9.17, 15) is 0 Å². The molecule has 0 N–H and O–H groups in total. The zero-order chi connectivity index (χ0) is 19.3. The molecule has 0 unspecified atom stereocenters. The summed E-state index contributed by atoms with van der Waals surface area (Å²) in [7, 11) is 0. The topological polar surface area (TPSA) is 24.8 Å². The zero-order valence-electron chi connectivity index (χ0n) is 14.6. The number of fused-ring (bicyclic) bond motifs is 3. The molecule has 140 valence electrons. The van der Waals surface area contributed by atoms with Crippen LogP contribution >= 0.6 is 43.5 Å². The zero-order valence-corrected chi connectivity index (χ0v) is 18.6. The Hall–Kier alpha value is -1.82. The van der Waals surface area contributed by atoms with Gasteiger partial charge in [0.1, 0.15) is 5.75 Å². The van der Waals surface area contributed by atoms with Crippen molar-refractivity contribution < 1.29 is 4.74 Å². The first-order chi connectivity index (χ1) is 13.6. The first-order valence-electron chi connectivity index (χ1n) is 8.92. The Morgan fingerprint density at radius 2 is 1.61 bits per heavy atom. The van der Waals surface area contributed by atoms with E-state index >= 15 is 0 Å². The third-order valence-corrected chi connectivity index (χ3v) is 6.38. The van der Waals surface area contributed by atoms with Crippen molar-refractivity contribution in [1.82, 2.24) is 5.01 Å². The summed E-state index contributed by atoms with van der Waals surface area (Å²) in [6, 6.07) is 22.4. The maximum absolute atomic E-state index is 6.37. The Labute approximate surface area is 185 Å². The van der Waals surface area contributed by atoms with Gasteiger partial charge in [0.05, 0.1) is 11.8 Å². The largest absolute Gasteiger partial charge is 0.464 e. The Morgan fingerprint density at radius 1 is 0.929 bits per heavy atom. The third-order valence-electron chi connectivity index (χ3n) is 5.08. The molecule has 5 rings (SSSR count). The highest BCUT2D eigenvalue weighted by molar-refractivity contribution is 9.10. The summed E-state index contributed by atoms with van der Waals surface area (Å²) in [5.74, 6) is 0.867. The van der Waals surface area contributed by atoms with Crippen LogP contribution in [0.5, 0.6) is 5.75 Å². The molecule has 28 heavy (non-hydrogen) atoms. The van der Waals surface area contributed by atoms with Gasteiger partial charge in [-0.25, -0.2) is 5.01 Å². The fraction of sp³-hybridized carbons (Fsp3) is 0.136. The minimum absolute atomic E-state index is 0.0924. The smallest absolute Gasteiger partial charge is 0.213 e. The van der Waals surface area contributed by atoms with Gasteiger partial charge in [0.15, 0.2) is 0 Å². The monoisotopic (exact) mass is 516 g/mol. The Morgan fingerprint density at radius 3 is 2.32 bits per heavy atom. The van der Waals surface area contributed by atoms with Gasteiger partial charge in [-0.15, -0.1) is 0 Å². The van der Waals surface area contributed by atoms with E-state index in [2.05, 4.69) is 61.1 Å². The van der Waals surface area contributed by atoms with Gasteiger partial charge in [0.25, 0.3) is 0 Å². The van der Waals surface area contributed by atoms with E-state index < -0.39 is 0 Å². The first kappa shape index (κ1) is 18.2. The second kappa shape index (κ2) is 7.21. The molecule has 0 amide bonds. The molecule has 0 aromatic heterocycles. The number of hydrazone groups is 1. The normalized spacial score (nSPS) is 20.2. The van der Waals surface area contributed by atoms with E-state index in [-0.39, 0.29) is 12.3 Å². The number of rotatable bonds is 2. The molecular weight excluding hydrogens is 504 g/mol. The molecule has 2 aliphatic rings. The lowest BCUT2D eigenvalue weighted by molar-refractivity contribution is -0.0190. The molecule has 6 heteroatoms. The minimum Gasteiger partial charge on any atom is -0.464 e. The van der Waals surface area contributed by atoms with Gasteiger partial charge in [0.2, 0.25) is 6.23 Å². The number of benzene rings is 3. The van der Waals surface area contributed by atoms with Gasteiger partial charge in [0, 0.05) is 31.5 Å². The summed E-state index contributed by atoms with van der Waals surface area (Å²) < 4.78 is 8.46. The van der Waals surface area contributed by atoms with E-state index in [1.807, 2.05) is 42.5 Å². The van der Waals surface area contributed by atoms with Crippen LogP contribution in [-0.4, -0.2) is 10.7 Å². The molecule has 0 radical (unpaired) electrons. The molecule has 0 spiro atoms. The van der Waals surface area contributed by atoms with E-state index in [0.717, 1.165) is 43.5 Å². The predicted octanol–water partition coefficient (Wildman–Crippen LogP) is 7.11. The molecule has 0 aliphatic carbocycles. The van der Waals surface area contributed by atoms with Crippen LogP contribution in [0.25, 0.3) is 0 Å². The van der Waals surface area contributed by atoms with Crippen molar-refractivity contribution in [2.24, 2.45) is 5.10 Å². The molecule has 0 saturated heterocycles. The van der Waals surface area contributed by atoms with Gasteiger partial charge < -0.3 is 4.74 Å². The fourth-order valence-corrected chi connectivity index (χ4v) is 4.43. The van der Waals surface area contributed by atoms with E-state index in [1.165, 1.54) is 0 Å². The van der Waals surface area contributed by atoms with Crippen molar-refractivity contribution in [2.45, 2.75) is 18.7 Å². The number of hydrogen-bond donors (Lipinski definition) is 0. The molecule has 2 aliphatic heterocycles. The van der Waals surface area contributed by atoms with Gasteiger partial charge in [-0.3, -0.25) is 0 Å². The van der Waals surface area contributed by atoms with Crippen LogP contribution in [0, 0.1) is 0 Å². The maximum atomic E-state index is 6.37. The fourth-order valence-electron chi connectivity index (χ4n) is 3.72. The second-order valence-electron chi connectivity index (χ2n) is 6.86. The summed E-state index contributed by atoms with van der Waals surface area (Å²) in [5.41, 5.74) is 4.32. The maximum Gasteiger partial charge on any atom is 0.213 e. The molecule has 0 saturated carbocycles. The molecule has 3 aromatic carbocycles. The Kier molecular flexibility index (Phi) is 4.69. The van der Waals surface area contributed by atoms with Gasteiger partial charge in [-0.05, 0) is 48.0 Å². The molecular formula is C22H15Br2ClN2O. The Balaban J connectivity index is 1.59. The van der Waals surface area contributed by atoms with E-state index in [4.69, 9.17) is 21.4 Å². The highest BCUT2D eigenvalue weighted by atomic mass is 79.9. The SMILES string of the molecule is Clc1ccc2c(c1)[C@H]1CC(c3ccc(Br)cc3)=NN1[C@@H](c1ccc(Br)cc1)O2. The molecule has 0 bridgehead atoms. The average molecular weight is 519 g/mol. The standard InChI is InChI=1S/C22H15Br2ClN2O/c23-15-5-1-13(2-6-15)19-12-20-18-11-17(25)9-10-21(18)28-22(27(20)26-19)14-3-7-16(24)8-4-14/h1-11,20,22H,12H2/t20-,22-/m1/s1. The van der Waals surface area contributed by atoms with Gasteiger partial charge >= 0.3 is 0 Å². The van der Waals surface area contributed by atoms with Gasteiger partial charge in [-0.1, -0.05) is 67.7 Å². The highest BCUT2D eigenvalue weighted by Gasteiger charge is 2.41. The van der Waals surface area contributed by atoms with Gasteiger partial charge in [-0.2, -0.15) is 5.10 Å². The van der Waals surface area contributed by atoms with Crippen molar-refractivity contribution >= 4 is 49.2 Å². The van der Waals surface area contributed by atoms with Crippen LogP contribution in [0.15, 0.2) is 80.8 Å². The van der Waals surface area contributed by atoms with E-state index in [0.29, 0.717) is 5.02 Å². The summed E-state index contributed by atoms with van der Waals surface area (Å²) in [4.78, 5) is 0. The van der Waals surface area contributed by atoms with Crippen molar-refractivity contribution in [1.29, 1.82) is 0 Å². The summed E-state index contributed by atoms with van der Waals surface area (Å²) >= 11 is 13.3. The minimum atomic E-state index is -0.278. The van der Waals surface area contributed by atoms with E-state index in [1.54, 1.807) is 0 Å². The summed E-state index contributed by atoms with van der Waals surface area (Å²) in [5, 5.41) is 7.75. The average Bonchev–Trinajstić information content (AvgIpc) is 3.14. The third kappa shape index (κ3) is 3.25. The second-order valence-corrected chi connectivity index (χ2v) is 9.13. The van der Waals surface area contributed by atoms with Crippen LogP contribution in [0.3, 0.4) is 0 Å². The van der Waals surface area contributed by atoms with Crippen LogP contribution in [0.2, 0.25) is 5.02 Å². The van der Waals surface area contributed by atoms with Crippen molar-refractivity contribution in [3.8, 4) is 5.75 Å². The molecule has 0 fully saturated rings. The lowest BCUT2D eigenvalue weighted by Crippen LogP contribution is -2.33. The quantitative estimate of drug-likeness (QED) is 0.361. The molecule has 2 atom stereocenters. The molecule has 2 heterocycles. The summed E-state index contributed by atoms with van der Waals surface area (Å²) in [6.45, 7) is 0. The van der Waals surface area contributed by atoms with Crippen LogP contribution < -0.4 is 4.74 Å². The number of nitrogens with zero attached hydrogens (tertiary/aromatic N) is 2. The van der Waals surface area contributed by atoms with Crippen molar-refractivity contribution in [2.75, 3.05) is 0 Å². The van der Waals surface area contributed by atoms with Crippen molar-refractivity contribution in [3.63, 3.8) is 0 Å². The predicted molar refractivity (Wildman–Crippen MR) is 119 cm³/mol. The van der Waals surface area contributed by atoms with Crippen LogP contribution in [0.4, 0.5) is 0 Å². The van der Waals surface area contributed by atoms with Crippen LogP contribution in [-0.2, 0) is 0 Å². The highest BCUT2D eigenvalue weighted by Crippen LogP contribution is 2.48. The first-order valence-corrected chi connectivity index (χ1v) is 10.9.